The monoisotopic (exact) mass is 371 g/mol. The number of rotatable bonds is 2. The molecule has 6 heteroatoms. The van der Waals surface area contributed by atoms with Crippen LogP contribution in [0.5, 0.6) is 5.75 Å². The number of urea groups is 1. The molecule has 1 unspecified atom stereocenters. The van der Waals surface area contributed by atoms with E-state index in [4.69, 9.17) is 4.74 Å². The summed E-state index contributed by atoms with van der Waals surface area (Å²) in [6.07, 6.45) is 5.20. The number of ether oxygens (including phenoxy) is 1. The van der Waals surface area contributed by atoms with Gasteiger partial charge in [0.25, 0.3) is 0 Å². The van der Waals surface area contributed by atoms with Crippen LogP contribution in [0.1, 0.15) is 50.0 Å². The van der Waals surface area contributed by atoms with Crippen molar-refractivity contribution >= 4 is 11.9 Å². The molecule has 146 valence electrons. The van der Waals surface area contributed by atoms with Crippen LogP contribution in [0, 0.1) is 0 Å². The van der Waals surface area contributed by atoms with E-state index < -0.39 is 0 Å². The second kappa shape index (κ2) is 7.41. The second-order valence-corrected chi connectivity index (χ2v) is 8.07. The predicted molar refractivity (Wildman–Crippen MR) is 103 cm³/mol. The van der Waals surface area contributed by atoms with E-state index in [2.05, 4.69) is 11.4 Å². The van der Waals surface area contributed by atoms with E-state index in [0.717, 1.165) is 69.6 Å². The van der Waals surface area contributed by atoms with Gasteiger partial charge in [-0.25, -0.2) is 4.79 Å². The molecule has 3 aliphatic heterocycles. The van der Waals surface area contributed by atoms with Gasteiger partial charge in [-0.1, -0.05) is 18.2 Å². The summed E-state index contributed by atoms with van der Waals surface area (Å²) in [6.45, 7) is 3.23. The number of hydrogen-bond donors (Lipinski definition) is 1. The van der Waals surface area contributed by atoms with E-state index in [-0.39, 0.29) is 23.5 Å². The molecule has 3 aliphatic rings. The lowest BCUT2D eigenvalue weighted by Crippen LogP contribution is -2.54. The van der Waals surface area contributed by atoms with Crippen molar-refractivity contribution in [3.8, 4) is 5.75 Å². The summed E-state index contributed by atoms with van der Waals surface area (Å²) in [7, 11) is 1.69. The molecule has 1 aromatic rings. The van der Waals surface area contributed by atoms with Gasteiger partial charge in [0, 0.05) is 58.4 Å². The smallest absolute Gasteiger partial charge is 0.320 e. The number of nitrogens with zero attached hydrogens (tertiary/aromatic N) is 2. The van der Waals surface area contributed by atoms with Crippen molar-refractivity contribution < 1.29 is 14.3 Å². The highest BCUT2D eigenvalue weighted by molar-refractivity contribution is 5.77. The Labute approximate surface area is 160 Å². The highest BCUT2D eigenvalue weighted by atomic mass is 16.5. The summed E-state index contributed by atoms with van der Waals surface area (Å²) in [6, 6.07) is 8.26. The number of hydrogen-bond acceptors (Lipinski definition) is 3. The molecular weight excluding hydrogens is 342 g/mol. The van der Waals surface area contributed by atoms with E-state index in [9.17, 15) is 9.59 Å². The minimum Gasteiger partial charge on any atom is -0.487 e. The average molecular weight is 371 g/mol. The number of benzene rings is 1. The fraction of sp³-hybridized carbons (Fsp3) is 0.619. The number of carbonyl (C=O) groups is 2. The Morgan fingerprint density at radius 3 is 2.48 bits per heavy atom. The van der Waals surface area contributed by atoms with Crippen LogP contribution in [0.3, 0.4) is 0 Å². The highest BCUT2D eigenvalue weighted by Gasteiger charge is 2.44. The summed E-state index contributed by atoms with van der Waals surface area (Å²) >= 11 is 0. The van der Waals surface area contributed by atoms with Gasteiger partial charge >= 0.3 is 6.03 Å². The quantitative estimate of drug-likeness (QED) is 0.870. The average Bonchev–Trinajstić information content (AvgIpc) is 3.23. The van der Waals surface area contributed by atoms with Gasteiger partial charge in [0.1, 0.15) is 11.4 Å². The summed E-state index contributed by atoms with van der Waals surface area (Å²) in [5, 5.41) is 2.75. The van der Waals surface area contributed by atoms with E-state index in [1.165, 1.54) is 0 Å². The first kappa shape index (κ1) is 18.1. The molecule has 0 radical (unpaired) electrons. The third-order valence-corrected chi connectivity index (χ3v) is 6.34. The Bertz CT molecular complexity index is 706. The molecular formula is C21H29N3O3. The van der Waals surface area contributed by atoms with Crippen LogP contribution >= 0.6 is 0 Å². The van der Waals surface area contributed by atoms with Gasteiger partial charge in [-0.3, -0.25) is 4.79 Å². The molecule has 0 aromatic heterocycles. The maximum Gasteiger partial charge on any atom is 0.320 e. The first-order valence-electron chi connectivity index (χ1n) is 10.1. The predicted octanol–water partition coefficient (Wildman–Crippen LogP) is 2.74. The van der Waals surface area contributed by atoms with Crippen LogP contribution in [-0.2, 0) is 4.79 Å². The molecule has 1 N–H and O–H groups in total. The largest absolute Gasteiger partial charge is 0.487 e. The van der Waals surface area contributed by atoms with Gasteiger partial charge in [-0.15, -0.1) is 0 Å². The summed E-state index contributed by atoms with van der Waals surface area (Å²) in [5.41, 5.74) is 0.858. The van der Waals surface area contributed by atoms with Gasteiger partial charge in [0.2, 0.25) is 5.91 Å². The normalized spacial score (nSPS) is 23.7. The van der Waals surface area contributed by atoms with E-state index in [0.29, 0.717) is 6.42 Å². The summed E-state index contributed by atoms with van der Waals surface area (Å²) in [4.78, 5) is 28.7. The SMILES string of the molecule is CNC(=O)CC1CC2(CCN(C(=O)N3CCCC3)CC2)Oc2ccccc21. The topological polar surface area (TPSA) is 61.9 Å². The molecule has 0 bridgehead atoms. The Balaban J connectivity index is 1.47. The van der Waals surface area contributed by atoms with Crippen molar-refractivity contribution in [1.29, 1.82) is 0 Å². The molecule has 3 heterocycles. The maximum absolute atomic E-state index is 12.7. The van der Waals surface area contributed by atoms with Gasteiger partial charge < -0.3 is 19.9 Å². The molecule has 4 rings (SSSR count). The Morgan fingerprint density at radius 2 is 1.78 bits per heavy atom. The van der Waals surface area contributed by atoms with Crippen LogP contribution in [0.15, 0.2) is 24.3 Å². The van der Waals surface area contributed by atoms with Crippen molar-refractivity contribution in [3.63, 3.8) is 0 Å². The third kappa shape index (κ3) is 3.62. The van der Waals surface area contributed by atoms with Gasteiger partial charge in [0.05, 0.1) is 0 Å². The number of nitrogens with one attached hydrogen (secondary N) is 1. The van der Waals surface area contributed by atoms with Crippen LogP contribution in [0.2, 0.25) is 0 Å². The van der Waals surface area contributed by atoms with Crippen molar-refractivity contribution in [2.24, 2.45) is 0 Å². The zero-order valence-corrected chi connectivity index (χ0v) is 16.1. The summed E-state index contributed by atoms with van der Waals surface area (Å²) in [5.74, 6) is 1.13. The van der Waals surface area contributed by atoms with E-state index in [1.54, 1.807) is 7.05 Å². The van der Waals surface area contributed by atoms with Gasteiger partial charge in [0.15, 0.2) is 0 Å². The van der Waals surface area contributed by atoms with Crippen molar-refractivity contribution in [3.05, 3.63) is 29.8 Å². The zero-order chi connectivity index (χ0) is 18.9. The Morgan fingerprint density at radius 1 is 1.11 bits per heavy atom. The second-order valence-electron chi connectivity index (χ2n) is 8.07. The number of carbonyl (C=O) groups excluding carboxylic acids is 2. The first-order valence-corrected chi connectivity index (χ1v) is 10.1. The summed E-state index contributed by atoms with van der Waals surface area (Å²) < 4.78 is 6.48. The minimum absolute atomic E-state index is 0.0634. The van der Waals surface area contributed by atoms with Gasteiger partial charge in [-0.05, 0) is 30.9 Å². The van der Waals surface area contributed by atoms with Gasteiger partial charge in [-0.2, -0.15) is 0 Å². The molecule has 1 spiro atoms. The zero-order valence-electron chi connectivity index (χ0n) is 16.1. The van der Waals surface area contributed by atoms with Crippen molar-refractivity contribution in [2.45, 2.75) is 50.0 Å². The fourth-order valence-corrected chi connectivity index (χ4v) is 4.77. The lowest BCUT2D eigenvalue weighted by atomic mass is 9.76. The lowest BCUT2D eigenvalue weighted by molar-refractivity contribution is -0.121. The highest BCUT2D eigenvalue weighted by Crippen LogP contribution is 2.46. The van der Waals surface area contributed by atoms with E-state index in [1.807, 2.05) is 28.0 Å². The molecule has 1 atom stereocenters. The number of fused-ring (bicyclic) bond motifs is 1. The number of likely N-dealkylation sites (tertiary alicyclic amines) is 2. The molecule has 2 saturated heterocycles. The molecule has 1 aromatic carbocycles. The van der Waals surface area contributed by atoms with Crippen LogP contribution in [0.4, 0.5) is 4.79 Å². The molecule has 3 amide bonds. The first-order chi connectivity index (χ1) is 13.1. The Hall–Kier alpha value is -2.24. The molecule has 0 saturated carbocycles. The number of piperidine rings is 1. The third-order valence-electron chi connectivity index (χ3n) is 6.34. The fourth-order valence-electron chi connectivity index (χ4n) is 4.77. The van der Waals surface area contributed by atoms with Crippen LogP contribution in [-0.4, -0.2) is 60.6 Å². The van der Waals surface area contributed by atoms with E-state index >= 15 is 0 Å². The molecule has 0 aliphatic carbocycles. The molecule has 2 fully saturated rings. The van der Waals surface area contributed by atoms with Crippen molar-refractivity contribution in [2.75, 3.05) is 33.2 Å². The minimum atomic E-state index is -0.269. The van der Waals surface area contributed by atoms with Crippen LogP contribution < -0.4 is 10.1 Å². The molecule has 27 heavy (non-hydrogen) atoms. The number of amides is 3. The standard InChI is InChI=1S/C21H29N3O3/c1-22-19(25)14-16-15-21(27-18-7-3-2-6-17(16)18)8-12-24(13-9-21)20(26)23-10-4-5-11-23/h2-3,6-7,16H,4-5,8-15H2,1H3,(H,22,25). The lowest BCUT2D eigenvalue weighted by Gasteiger charge is -2.47. The Kier molecular flexibility index (Phi) is 4.98. The molecule has 6 nitrogen and oxygen atoms in total. The van der Waals surface area contributed by atoms with Crippen LogP contribution in [0.25, 0.3) is 0 Å². The number of para-hydroxylation sites is 1. The maximum atomic E-state index is 12.7. The van der Waals surface area contributed by atoms with Crippen molar-refractivity contribution in [1.82, 2.24) is 15.1 Å².